The Morgan fingerprint density at radius 3 is 2.30 bits per heavy atom. The number of likely N-dealkylation sites (N-methyl/N-ethyl adjacent to an activating group) is 1. The molecule has 2 atom stereocenters. The lowest BCUT2D eigenvalue weighted by Crippen LogP contribution is -2.30. The van der Waals surface area contributed by atoms with Crippen LogP contribution in [0.4, 0.5) is 11.4 Å². The molecular weight excluding hydrogens is 296 g/mol. The van der Waals surface area contributed by atoms with Crippen LogP contribution in [-0.2, 0) is 0 Å². The van der Waals surface area contributed by atoms with Gasteiger partial charge in [0.25, 0.3) is 5.69 Å². The largest absolute Gasteiger partial charge is 0.386 e. The first-order chi connectivity index (χ1) is 11.0. The van der Waals surface area contributed by atoms with Crippen LogP contribution in [0.2, 0.25) is 0 Å². The minimum Gasteiger partial charge on any atom is -0.386 e. The molecule has 0 saturated heterocycles. The highest BCUT2D eigenvalue weighted by atomic mass is 16.6. The van der Waals surface area contributed by atoms with Crippen molar-refractivity contribution in [3.8, 4) is 0 Å². The standard InChI is InChI=1S/C16H18N4O3/c1-12(16(21)13-6-4-3-5-7-13)19(2)18-17-14-8-10-15(11-9-14)20(22)23/h3-12,16,21H,1-2H3/t12-,16+/m0/s1. The van der Waals surface area contributed by atoms with Crippen LogP contribution in [0.25, 0.3) is 0 Å². The van der Waals surface area contributed by atoms with E-state index in [1.54, 1.807) is 12.1 Å². The van der Waals surface area contributed by atoms with E-state index >= 15 is 0 Å². The van der Waals surface area contributed by atoms with Crippen LogP contribution < -0.4 is 0 Å². The molecule has 0 aliphatic carbocycles. The van der Waals surface area contributed by atoms with Gasteiger partial charge in [-0.1, -0.05) is 35.6 Å². The number of hydrogen-bond donors (Lipinski definition) is 1. The van der Waals surface area contributed by atoms with Gasteiger partial charge in [0.1, 0.15) is 6.10 Å². The fraction of sp³-hybridized carbons (Fsp3) is 0.250. The molecule has 0 heterocycles. The van der Waals surface area contributed by atoms with Crippen LogP contribution in [0.1, 0.15) is 18.6 Å². The maximum atomic E-state index is 10.6. The second kappa shape index (κ2) is 7.46. The summed E-state index contributed by atoms with van der Waals surface area (Å²) >= 11 is 0. The number of nitrogens with zero attached hydrogens (tertiary/aromatic N) is 4. The number of nitro groups is 1. The highest BCUT2D eigenvalue weighted by molar-refractivity contribution is 5.43. The molecule has 0 bridgehead atoms. The van der Waals surface area contributed by atoms with Gasteiger partial charge in [0.05, 0.1) is 16.7 Å². The Hall–Kier alpha value is -2.80. The normalized spacial score (nSPS) is 13.7. The molecule has 0 spiro atoms. The van der Waals surface area contributed by atoms with Crippen molar-refractivity contribution in [3.05, 3.63) is 70.3 Å². The second-order valence-electron chi connectivity index (χ2n) is 5.13. The summed E-state index contributed by atoms with van der Waals surface area (Å²) in [6.45, 7) is 1.84. The minimum atomic E-state index is -0.697. The first-order valence-corrected chi connectivity index (χ1v) is 7.11. The molecule has 2 aromatic carbocycles. The molecule has 1 N–H and O–H groups in total. The van der Waals surface area contributed by atoms with Gasteiger partial charge in [-0.3, -0.25) is 15.1 Å². The van der Waals surface area contributed by atoms with Gasteiger partial charge >= 0.3 is 0 Å². The molecule has 0 radical (unpaired) electrons. The Bertz CT molecular complexity index is 673. The zero-order valence-corrected chi connectivity index (χ0v) is 12.9. The second-order valence-corrected chi connectivity index (χ2v) is 5.13. The van der Waals surface area contributed by atoms with E-state index < -0.39 is 11.0 Å². The molecule has 23 heavy (non-hydrogen) atoms. The summed E-state index contributed by atoms with van der Waals surface area (Å²) in [6, 6.07) is 14.8. The maximum Gasteiger partial charge on any atom is 0.269 e. The lowest BCUT2D eigenvalue weighted by atomic mass is 10.0. The number of nitro benzene ring substituents is 1. The lowest BCUT2D eigenvalue weighted by Gasteiger charge is -2.25. The number of non-ortho nitro benzene ring substituents is 1. The summed E-state index contributed by atoms with van der Waals surface area (Å²) in [7, 11) is 1.71. The van der Waals surface area contributed by atoms with Gasteiger partial charge < -0.3 is 5.11 Å². The predicted octanol–water partition coefficient (Wildman–Crippen LogP) is 3.65. The van der Waals surface area contributed by atoms with Crippen molar-refractivity contribution >= 4 is 11.4 Å². The smallest absolute Gasteiger partial charge is 0.269 e. The van der Waals surface area contributed by atoms with E-state index in [2.05, 4.69) is 10.3 Å². The first-order valence-electron chi connectivity index (χ1n) is 7.11. The van der Waals surface area contributed by atoms with Crippen molar-refractivity contribution in [2.45, 2.75) is 19.1 Å². The number of aliphatic hydroxyl groups excluding tert-OH is 1. The highest BCUT2D eigenvalue weighted by Gasteiger charge is 2.19. The summed E-state index contributed by atoms with van der Waals surface area (Å²) in [4.78, 5) is 10.1. The molecule has 0 aliphatic rings. The summed E-state index contributed by atoms with van der Waals surface area (Å²) in [5.74, 6) is 0. The number of aliphatic hydroxyl groups is 1. The minimum absolute atomic E-state index is 0.00479. The average molecular weight is 314 g/mol. The zero-order chi connectivity index (χ0) is 16.8. The number of hydrogen-bond acceptors (Lipinski definition) is 5. The van der Waals surface area contributed by atoms with Gasteiger partial charge in [-0.25, -0.2) is 0 Å². The summed E-state index contributed by atoms with van der Waals surface area (Å²) < 4.78 is 0. The molecular formula is C16H18N4O3. The van der Waals surface area contributed by atoms with Gasteiger partial charge in [-0.05, 0) is 24.6 Å². The Labute approximate surface area is 134 Å². The molecule has 7 nitrogen and oxygen atoms in total. The third-order valence-electron chi connectivity index (χ3n) is 3.55. The van der Waals surface area contributed by atoms with Gasteiger partial charge in [0.15, 0.2) is 0 Å². The molecule has 120 valence electrons. The van der Waals surface area contributed by atoms with Crippen LogP contribution in [0.3, 0.4) is 0 Å². The molecule has 0 amide bonds. The van der Waals surface area contributed by atoms with E-state index in [-0.39, 0.29) is 11.7 Å². The van der Waals surface area contributed by atoms with Gasteiger partial charge in [0, 0.05) is 19.2 Å². The van der Waals surface area contributed by atoms with Crippen molar-refractivity contribution < 1.29 is 10.0 Å². The van der Waals surface area contributed by atoms with E-state index in [4.69, 9.17) is 0 Å². The third kappa shape index (κ3) is 4.33. The molecule has 2 rings (SSSR count). The molecule has 2 aromatic rings. The first kappa shape index (κ1) is 16.6. The van der Waals surface area contributed by atoms with Crippen molar-refractivity contribution in [1.82, 2.24) is 5.01 Å². The van der Waals surface area contributed by atoms with Crippen molar-refractivity contribution in [1.29, 1.82) is 0 Å². The molecule has 0 aromatic heterocycles. The van der Waals surface area contributed by atoms with Crippen LogP contribution in [-0.4, -0.2) is 28.1 Å². The molecule has 7 heteroatoms. The third-order valence-corrected chi connectivity index (χ3v) is 3.55. The Morgan fingerprint density at radius 1 is 1.13 bits per heavy atom. The quantitative estimate of drug-likeness (QED) is 0.500. The topological polar surface area (TPSA) is 91.3 Å². The highest BCUT2D eigenvalue weighted by Crippen LogP contribution is 2.22. The van der Waals surface area contributed by atoms with E-state index in [1.165, 1.54) is 24.3 Å². The fourth-order valence-corrected chi connectivity index (χ4v) is 1.98. The molecule has 0 saturated carbocycles. The van der Waals surface area contributed by atoms with Gasteiger partial charge in [-0.2, -0.15) is 0 Å². The van der Waals surface area contributed by atoms with E-state index in [1.807, 2.05) is 37.3 Å². The summed E-state index contributed by atoms with van der Waals surface area (Å²) in [6.07, 6.45) is -0.697. The summed E-state index contributed by atoms with van der Waals surface area (Å²) in [5.41, 5.74) is 1.31. The van der Waals surface area contributed by atoms with Crippen LogP contribution >= 0.6 is 0 Å². The van der Waals surface area contributed by atoms with Crippen LogP contribution in [0, 0.1) is 10.1 Å². The monoisotopic (exact) mass is 314 g/mol. The van der Waals surface area contributed by atoms with Crippen molar-refractivity contribution in [2.75, 3.05) is 7.05 Å². The SMILES string of the molecule is C[C@@H]([C@@H](O)c1ccccc1)N(C)N=Nc1ccc([N+](=O)[O-])cc1. The number of benzene rings is 2. The molecule has 0 aliphatic heterocycles. The Morgan fingerprint density at radius 2 is 1.74 bits per heavy atom. The van der Waals surface area contributed by atoms with Crippen LogP contribution in [0.15, 0.2) is 64.9 Å². The van der Waals surface area contributed by atoms with E-state index in [0.717, 1.165) is 5.56 Å². The van der Waals surface area contributed by atoms with Gasteiger partial charge in [0.2, 0.25) is 0 Å². The van der Waals surface area contributed by atoms with E-state index in [9.17, 15) is 15.2 Å². The maximum absolute atomic E-state index is 10.6. The predicted molar refractivity (Wildman–Crippen MR) is 86.2 cm³/mol. The average Bonchev–Trinajstić information content (AvgIpc) is 2.59. The van der Waals surface area contributed by atoms with E-state index in [0.29, 0.717) is 5.69 Å². The van der Waals surface area contributed by atoms with Crippen LogP contribution in [0.5, 0.6) is 0 Å². The molecule has 0 fully saturated rings. The van der Waals surface area contributed by atoms with Crippen molar-refractivity contribution in [3.63, 3.8) is 0 Å². The lowest BCUT2D eigenvalue weighted by molar-refractivity contribution is -0.384. The summed E-state index contributed by atoms with van der Waals surface area (Å²) in [5, 5.41) is 30.5. The van der Waals surface area contributed by atoms with Crippen molar-refractivity contribution in [2.24, 2.45) is 10.3 Å². The Kier molecular flexibility index (Phi) is 5.37. The van der Waals surface area contributed by atoms with Gasteiger partial charge in [-0.15, -0.1) is 5.11 Å². The Balaban J connectivity index is 2.02. The number of rotatable bonds is 6. The zero-order valence-electron chi connectivity index (χ0n) is 12.9. The fourth-order valence-electron chi connectivity index (χ4n) is 1.98. The molecule has 0 unspecified atom stereocenters.